The smallest absolute Gasteiger partial charge is 0.362 e. The number of fused-ring (bicyclic) bond motifs is 1. The van der Waals surface area contributed by atoms with Gasteiger partial charge in [0.05, 0.1) is 22.6 Å². The number of amides is 1. The van der Waals surface area contributed by atoms with Gasteiger partial charge in [0.25, 0.3) is 5.91 Å². The zero-order chi connectivity index (χ0) is 19.1. The number of nitrogens with zero attached hydrogens (tertiary/aromatic N) is 5. The third-order valence-corrected chi connectivity index (χ3v) is 4.05. The van der Waals surface area contributed by atoms with E-state index in [2.05, 4.69) is 36.4 Å². The molecule has 1 amide bonds. The number of carbonyl (C=O) groups is 1. The summed E-state index contributed by atoms with van der Waals surface area (Å²) >= 11 is 3.12. The van der Waals surface area contributed by atoms with Gasteiger partial charge in [0, 0.05) is 12.8 Å². The Kier molecular flexibility index (Phi) is 4.71. The van der Waals surface area contributed by atoms with Crippen LogP contribution in [-0.4, -0.2) is 37.4 Å². The van der Waals surface area contributed by atoms with Crippen LogP contribution in [0.1, 0.15) is 21.9 Å². The highest BCUT2D eigenvalue weighted by Crippen LogP contribution is 2.32. The van der Waals surface area contributed by atoms with Crippen LogP contribution < -0.4 is 5.32 Å². The first kappa shape index (κ1) is 18.3. The van der Waals surface area contributed by atoms with Gasteiger partial charge in [-0.05, 0) is 28.9 Å². The van der Waals surface area contributed by atoms with E-state index in [-0.39, 0.29) is 28.2 Å². The highest BCUT2D eigenvalue weighted by molar-refractivity contribution is 9.10. The Bertz CT molecular complexity index is 981. The molecule has 3 heterocycles. The number of nitrogens with one attached hydrogen (secondary N) is 1. The van der Waals surface area contributed by atoms with Gasteiger partial charge >= 0.3 is 6.18 Å². The van der Waals surface area contributed by atoms with E-state index < -0.39 is 17.8 Å². The summed E-state index contributed by atoms with van der Waals surface area (Å²) in [6.07, 6.45) is -1.76. The van der Waals surface area contributed by atoms with E-state index in [0.717, 1.165) is 6.07 Å². The fraction of sp³-hybridized carbons (Fsp3) is 0.286. The maximum atomic E-state index is 13.2. The number of alkyl halides is 3. The summed E-state index contributed by atoms with van der Waals surface area (Å²) in [4.78, 5) is 16.5. The Morgan fingerprint density at radius 3 is 2.81 bits per heavy atom. The summed E-state index contributed by atoms with van der Waals surface area (Å²) < 4.78 is 46.7. The Labute approximate surface area is 153 Å². The molecule has 0 aliphatic heterocycles. The molecule has 0 unspecified atom stereocenters. The highest BCUT2D eigenvalue weighted by Gasteiger charge is 2.36. The molecule has 12 heteroatoms. The molecule has 0 aromatic carbocycles. The maximum absolute atomic E-state index is 13.2. The molecule has 0 spiro atoms. The average molecular weight is 433 g/mol. The summed E-state index contributed by atoms with van der Waals surface area (Å²) in [7, 11) is 1.49. The standard InChI is InChI=1S/C14H12BrF3N6O2/c1-7-3-9(14(16,17)18)24-12(20-7)10(15)11(22-24)13(25)21-8-4-19-23(5-8)6-26-2/h3-5H,6H2,1-2H3,(H,21,25). The Hall–Kier alpha value is -2.47. The first-order valence-electron chi connectivity index (χ1n) is 7.16. The number of ether oxygens (including phenoxy) is 1. The molecule has 0 bridgehead atoms. The molecule has 3 aromatic heterocycles. The largest absolute Gasteiger partial charge is 0.433 e. The van der Waals surface area contributed by atoms with Crippen molar-refractivity contribution in [2.45, 2.75) is 19.8 Å². The molecule has 0 aliphatic carbocycles. The second kappa shape index (κ2) is 6.68. The molecule has 138 valence electrons. The molecule has 0 fully saturated rings. The molecule has 26 heavy (non-hydrogen) atoms. The molecule has 0 radical (unpaired) electrons. The van der Waals surface area contributed by atoms with Crippen LogP contribution in [0.2, 0.25) is 0 Å². The van der Waals surface area contributed by atoms with Crippen molar-refractivity contribution in [1.29, 1.82) is 0 Å². The van der Waals surface area contributed by atoms with Crippen LogP contribution in [0.5, 0.6) is 0 Å². The Morgan fingerprint density at radius 2 is 2.15 bits per heavy atom. The number of halogens is 4. The predicted octanol–water partition coefficient (Wildman–Crippen LogP) is 2.87. The molecular weight excluding hydrogens is 421 g/mol. The second-order valence-electron chi connectivity index (χ2n) is 5.32. The van der Waals surface area contributed by atoms with Crippen LogP contribution in [0.4, 0.5) is 18.9 Å². The lowest BCUT2D eigenvalue weighted by atomic mass is 10.3. The number of hydrogen-bond acceptors (Lipinski definition) is 5. The maximum Gasteiger partial charge on any atom is 0.433 e. The van der Waals surface area contributed by atoms with Crippen LogP contribution in [0.15, 0.2) is 22.9 Å². The molecule has 0 atom stereocenters. The molecule has 3 aromatic rings. The monoisotopic (exact) mass is 432 g/mol. The van der Waals surface area contributed by atoms with E-state index in [1.54, 1.807) is 0 Å². The minimum Gasteiger partial charge on any atom is -0.362 e. The zero-order valence-corrected chi connectivity index (χ0v) is 15.1. The van der Waals surface area contributed by atoms with E-state index in [4.69, 9.17) is 4.74 Å². The molecular formula is C14H12BrF3N6O2. The minimum absolute atomic E-state index is 0.0634. The highest BCUT2D eigenvalue weighted by atomic mass is 79.9. The zero-order valence-electron chi connectivity index (χ0n) is 13.5. The summed E-state index contributed by atoms with van der Waals surface area (Å²) in [5, 5.41) is 10.3. The van der Waals surface area contributed by atoms with Gasteiger partial charge in [-0.1, -0.05) is 0 Å². The molecule has 0 aliphatic rings. The van der Waals surface area contributed by atoms with E-state index in [1.807, 2.05) is 0 Å². The van der Waals surface area contributed by atoms with Crippen molar-refractivity contribution in [3.63, 3.8) is 0 Å². The van der Waals surface area contributed by atoms with Crippen LogP contribution >= 0.6 is 15.9 Å². The Balaban J connectivity index is 1.99. The van der Waals surface area contributed by atoms with E-state index >= 15 is 0 Å². The number of aromatic nitrogens is 5. The first-order valence-corrected chi connectivity index (χ1v) is 7.96. The lowest BCUT2D eigenvalue weighted by Crippen LogP contribution is -2.15. The fourth-order valence-electron chi connectivity index (χ4n) is 2.28. The van der Waals surface area contributed by atoms with Gasteiger partial charge in [-0.2, -0.15) is 23.4 Å². The number of aryl methyl sites for hydroxylation is 1. The molecule has 0 saturated carbocycles. The Morgan fingerprint density at radius 1 is 1.42 bits per heavy atom. The predicted molar refractivity (Wildman–Crippen MR) is 87.6 cm³/mol. The van der Waals surface area contributed by atoms with Crippen LogP contribution in [0.3, 0.4) is 0 Å². The van der Waals surface area contributed by atoms with E-state index in [9.17, 15) is 18.0 Å². The van der Waals surface area contributed by atoms with Crippen molar-refractivity contribution in [3.05, 3.63) is 40.0 Å². The van der Waals surface area contributed by atoms with Crippen LogP contribution in [0.25, 0.3) is 5.65 Å². The van der Waals surface area contributed by atoms with Gasteiger partial charge in [0.2, 0.25) is 0 Å². The lowest BCUT2D eigenvalue weighted by molar-refractivity contribution is -0.142. The number of hydrogen-bond donors (Lipinski definition) is 1. The summed E-state index contributed by atoms with van der Waals surface area (Å²) in [6.45, 7) is 1.62. The van der Waals surface area contributed by atoms with E-state index in [0.29, 0.717) is 10.2 Å². The number of carbonyl (C=O) groups excluding carboxylic acids is 1. The van der Waals surface area contributed by atoms with E-state index in [1.165, 1.54) is 31.1 Å². The van der Waals surface area contributed by atoms with Gasteiger partial charge in [0.15, 0.2) is 11.3 Å². The van der Waals surface area contributed by atoms with Crippen molar-refractivity contribution in [2.75, 3.05) is 12.4 Å². The average Bonchev–Trinajstić information content (AvgIpc) is 3.11. The quantitative estimate of drug-likeness (QED) is 0.684. The van der Waals surface area contributed by atoms with Crippen LogP contribution in [0, 0.1) is 6.92 Å². The lowest BCUT2D eigenvalue weighted by Gasteiger charge is -2.09. The van der Waals surface area contributed by atoms with Crippen molar-refractivity contribution >= 4 is 33.2 Å². The molecule has 8 nitrogen and oxygen atoms in total. The third kappa shape index (κ3) is 3.42. The SMILES string of the molecule is COCn1cc(NC(=O)c2nn3c(C(F)(F)F)cc(C)nc3c2Br)cn1. The van der Waals surface area contributed by atoms with Crippen molar-refractivity contribution in [3.8, 4) is 0 Å². The van der Waals surface area contributed by atoms with Crippen molar-refractivity contribution < 1.29 is 22.7 Å². The van der Waals surface area contributed by atoms with Gasteiger partial charge < -0.3 is 10.1 Å². The summed E-state index contributed by atoms with van der Waals surface area (Å²) in [5.74, 6) is -0.704. The van der Waals surface area contributed by atoms with Crippen LogP contribution in [-0.2, 0) is 17.6 Å². The minimum atomic E-state index is -4.65. The van der Waals surface area contributed by atoms with Crippen molar-refractivity contribution in [2.24, 2.45) is 0 Å². The van der Waals surface area contributed by atoms with Gasteiger partial charge in [-0.15, -0.1) is 0 Å². The first-order chi connectivity index (χ1) is 12.2. The molecule has 0 saturated heterocycles. The summed E-state index contributed by atoms with van der Waals surface area (Å²) in [6, 6.07) is 0.864. The number of methoxy groups -OCH3 is 1. The fourth-order valence-corrected chi connectivity index (χ4v) is 2.80. The normalized spacial score (nSPS) is 11.9. The molecule has 3 rings (SSSR count). The van der Waals surface area contributed by atoms with Gasteiger partial charge in [-0.25, -0.2) is 14.2 Å². The third-order valence-electron chi connectivity index (χ3n) is 3.32. The molecule has 1 N–H and O–H groups in total. The second-order valence-corrected chi connectivity index (χ2v) is 6.11. The van der Waals surface area contributed by atoms with Gasteiger partial charge in [0.1, 0.15) is 12.4 Å². The van der Waals surface area contributed by atoms with Crippen molar-refractivity contribution in [1.82, 2.24) is 24.4 Å². The topological polar surface area (TPSA) is 86.3 Å². The van der Waals surface area contributed by atoms with Gasteiger partial charge in [-0.3, -0.25) is 4.79 Å². The number of rotatable bonds is 4. The summed E-state index contributed by atoms with van der Waals surface area (Å²) in [5.41, 5.74) is -0.854. The number of anilines is 1.